The average molecular weight is 373 g/mol. The van der Waals surface area contributed by atoms with Crippen LogP contribution < -0.4 is 4.74 Å². The van der Waals surface area contributed by atoms with Gasteiger partial charge in [0.1, 0.15) is 11.9 Å². The van der Waals surface area contributed by atoms with Gasteiger partial charge in [-0.15, -0.1) is 0 Å². The molecule has 1 N–H and O–H groups in total. The maximum absolute atomic E-state index is 9.49. The summed E-state index contributed by atoms with van der Waals surface area (Å²) in [6.07, 6.45) is 4.30. The molecule has 1 spiro atoms. The standard InChI is InChI=1S/C16H21BrO3S/c17-14-3-1-2-12(11-18)15(14)20-13-4-7-19-16(10-13)5-8-21-9-6-16/h1-3,13,18H,4-11H2. The van der Waals surface area contributed by atoms with E-state index in [0.717, 1.165) is 48.1 Å². The number of aliphatic hydroxyl groups excluding tert-OH is 1. The van der Waals surface area contributed by atoms with Gasteiger partial charge in [-0.2, -0.15) is 11.8 Å². The third-order valence-corrected chi connectivity index (χ3v) is 5.97. The molecule has 5 heteroatoms. The Bertz CT molecular complexity index is 483. The summed E-state index contributed by atoms with van der Waals surface area (Å²) in [5.41, 5.74) is 0.860. The van der Waals surface area contributed by atoms with E-state index in [1.54, 1.807) is 0 Å². The molecule has 1 atom stereocenters. The van der Waals surface area contributed by atoms with Gasteiger partial charge in [0.05, 0.1) is 23.3 Å². The Labute approximate surface area is 138 Å². The molecule has 3 nitrogen and oxygen atoms in total. The second-order valence-corrected chi connectivity index (χ2v) is 7.84. The van der Waals surface area contributed by atoms with Crippen molar-refractivity contribution in [1.82, 2.24) is 0 Å². The molecule has 1 aromatic rings. The van der Waals surface area contributed by atoms with Gasteiger partial charge in [0, 0.05) is 18.4 Å². The fourth-order valence-electron chi connectivity index (χ4n) is 3.15. The van der Waals surface area contributed by atoms with E-state index in [-0.39, 0.29) is 18.3 Å². The van der Waals surface area contributed by atoms with Crippen LogP contribution in [0.1, 0.15) is 31.2 Å². The molecule has 0 radical (unpaired) electrons. The van der Waals surface area contributed by atoms with Gasteiger partial charge >= 0.3 is 0 Å². The van der Waals surface area contributed by atoms with Gasteiger partial charge in [0.2, 0.25) is 0 Å². The number of thioether (sulfide) groups is 1. The normalized spacial score (nSPS) is 25.0. The smallest absolute Gasteiger partial charge is 0.139 e. The van der Waals surface area contributed by atoms with Crippen molar-refractivity contribution < 1.29 is 14.6 Å². The van der Waals surface area contributed by atoms with Crippen LogP contribution in [-0.2, 0) is 11.3 Å². The number of para-hydroxylation sites is 1. The van der Waals surface area contributed by atoms with Crippen molar-refractivity contribution in [2.75, 3.05) is 18.1 Å². The molecule has 0 aromatic heterocycles. The molecule has 3 rings (SSSR count). The highest BCUT2D eigenvalue weighted by Crippen LogP contribution is 2.40. The van der Waals surface area contributed by atoms with Crippen molar-refractivity contribution in [3.8, 4) is 5.75 Å². The van der Waals surface area contributed by atoms with E-state index < -0.39 is 0 Å². The number of halogens is 1. The van der Waals surface area contributed by atoms with Gasteiger partial charge in [0.25, 0.3) is 0 Å². The van der Waals surface area contributed by atoms with E-state index in [1.807, 2.05) is 30.0 Å². The highest BCUT2D eigenvalue weighted by atomic mass is 79.9. The van der Waals surface area contributed by atoms with Crippen molar-refractivity contribution in [2.24, 2.45) is 0 Å². The third-order valence-electron chi connectivity index (χ3n) is 4.36. The zero-order chi connectivity index (χ0) is 14.7. The molecule has 0 amide bonds. The van der Waals surface area contributed by atoms with Gasteiger partial charge in [-0.3, -0.25) is 0 Å². The van der Waals surface area contributed by atoms with Crippen LogP contribution in [0, 0.1) is 0 Å². The Hall–Kier alpha value is -0.230. The molecule has 1 aromatic carbocycles. The first kappa shape index (κ1) is 15.7. The van der Waals surface area contributed by atoms with Crippen LogP contribution in [0.3, 0.4) is 0 Å². The first-order chi connectivity index (χ1) is 10.2. The molecular formula is C16H21BrO3S. The van der Waals surface area contributed by atoms with Crippen LogP contribution in [0.15, 0.2) is 22.7 Å². The van der Waals surface area contributed by atoms with Crippen molar-refractivity contribution in [3.63, 3.8) is 0 Å². The number of rotatable bonds is 3. The molecule has 2 heterocycles. The van der Waals surface area contributed by atoms with Crippen molar-refractivity contribution >= 4 is 27.7 Å². The molecular weight excluding hydrogens is 352 g/mol. The molecule has 2 saturated heterocycles. The Morgan fingerprint density at radius 2 is 2.19 bits per heavy atom. The Balaban J connectivity index is 1.73. The predicted molar refractivity (Wildman–Crippen MR) is 89.0 cm³/mol. The topological polar surface area (TPSA) is 38.7 Å². The van der Waals surface area contributed by atoms with E-state index in [1.165, 1.54) is 11.5 Å². The van der Waals surface area contributed by atoms with Crippen LogP contribution in [0.25, 0.3) is 0 Å². The summed E-state index contributed by atoms with van der Waals surface area (Å²) in [4.78, 5) is 0. The molecule has 0 aliphatic carbocycles. The maximum atomic E-state index is 9.49. The number of benzene rings is 1. The van der Waals surface area contributed by atoms with Crippen molar-refractivity contribution in [1.29, 1.82) is 0 Å². The Kier molecular flexibility index (Phi) is 5.15. The molecule has 116 valence electrons. The van der Waals surface area contributed by atoms with Gasteiger partial charge in [0.15, 0.2) is 0 Å². The molecule has 2 aliphatic rings. The zero-order valence-corrected chi connectivity index (χ0v) is 14.4. The molecule has 1 unspecified atom stereocenters. The molecule has 2 fully saturated rings. The van der Waals surface area contributed by atoms with Crippen LogP contribution in [0.5, 0.6) is 5.75 Å². The van der Waals surface area contributed by atoms with Crippen LogP contribution >= 0.6 is 27.7 Å². The first-order valence-corrected chi connectivity index (χ1v) is 9.44. The van der Waals surface area contributed by atoms with E-state index in [0.29, 0.717) is 0 Å². The lowest BCUT2D eigenvalue weighted by atomic mass is 9.86. The van der Waals surface area contributed by atoms with Crippen LogP contribution in [0.4, 0.5) is 0 Å². The van der Waals surface area contributed by atoms with Gasteiger partial charge in [-0.05, 0) is 46.3 Å². The molecule has 21 heavy (non-hydrogen) atoms. The highest BCUT2D eigenvalue weighted by Gasteiger charge is 2.39. The number of ether oxygens (including phenoxy) is 2. The van der Waals surface area contributed by atoms with E-state index in [4.69, 9.17) is 9.47 Å². The average Bonchev–Trinajstić information content (AvgIpc) is 2.50. The minimum Gasteiger partial charge on any atom is -0.489 e. The maximum Gasteiger partial charge on any atom is 0.139 e. The first-order valence-electron chi connectivity index (χ1n) is 7.49. The van der Waals surface area contributed by atoms with Crippen molar-refractivity contribution in [2.45, 2.75) is 44.0 Å². The molecule has 0 saturated carbocycles. The Morgan fingerprint density at radius 1 is 1.38 bits per heavy atom. The fraction of sp³-hybridized carbons (Fsp3) is 0.625. The quantitative estimate of drug-likeness (QED) is 0.876. The zero-order valence-electron chi connectivity index (χ0n) is 12.0. The summed E-state index contributed by atoms with van der Waals surface area (Å²) in [6.45, 7) is 0.772. The summed E-state index contributed by atoms with van der Waals surface area (Å²) >= 11 is 5.55. The third kappa shape index (κ3) is 3.58. The van der Waals surface area contributed by atoms with E-state index in [2.05, 4.69) is 15.9 Å². The minimum absolute atomic E-state index is 0.000222. The second kappa shape index (κ2) is 6.90. The largest absolute Gasteiger partial charge is 0.489 e. The van der Waals surface area contributed by atoms with Gasteiger partial charge in [-0.25, -0.2) is 0 Å². The number of hydrogen-bond donors (Lipinski definition) is 1. The number of aliphatic hydroxyl groups is 1. The van der Waals surface area contributed by atoms with E-state index in [9.17, 15) is 5.11 Å². The highest BCUT2D eigenvalue weighted by molar-refractivity contribution is 9.10. The minimum atomic E-state index is -0.000222. The SMILES string of the molecule is OCc1cccc(Br)c1OC1CCOC2(CCSCC2)C1. The van der Waals surface area contributed by atoms with E-state index >= 15 is 0 Å². The number of hydrogen-bond acceptors (Lipinski definition) is 4. The second-order valence-electron chi connectivity index (χ2n) is 5.76. The van der Waals surface area contributed by atoms with Gasteiger partial charge in [-0.1, -0.05) is 12.1 Å². The lowest BCUT2D eigenvalue weighted by Gasteiger charge is -2.43. The molecule has 0 bridgehead atoms. The summed E-state index contributed by atoms with van der Waals surface area (Å²) in [7, 11) is 0. The predicted octanol–water partition coefficient (Wildman–Crippen LogP) is 3.77. The van der Waals surface area contributed by atoms with Crippen LogP contribution in [-0.4, -0.2) is 34.9 Å². The lowest BCUT2D eigenvalue weighted by Crippen LogP contribution is -2.46. The summed E-state index contributed by atoms with van der Waals surface area (Å²) < 4.78 is 13.3. The van der Waals surface area contributed by atoms with Crippen molar-refractivity contribution in [3.05, 3.63) is 28.2 Å². The summed E-state index contributed by atoms with van der Waals surface area (Å²) in [6, 6.07) is 5.79. The summed E-state index contributed by atoms with van der Waals surface area (Å²) in [5, 5.41) is 9.49. The van der Waals surface area contributed by atoms with Gasteiger partial charge < -0.3 is 14.6 Å². The monoisotopic (exact) mass is 372 g/mol. The van der Waals surface area contributed by atoms with Crippen LogP contribution in [0.2, 0.25) is 0 Å². The summed E-state index contributed by atoms with van der Waals surface area (Å²) in [5.74, 6) is 3.15. The fourth-order valence-corrected chi connectivity index (χ4v) is 4.89. The molecule has 2 aliphatic heterocycles. The lowest BCUT2D eigenvalue weighted by molar-refractivity contribution is -0.116. The Morgan fingerprint density at radius 3 is 2.95 bits per heavy atom.